The number of nitrogens with zero attached hydrogens (tertiary/aromatic N) is 1. The van der Waals surface area contributed by atoms with Crippen LogP contribution in [0, 0.1) is 0 Å². The number of likely N-dealkylation sites (tertiary alicyclic amines) is 1. The van der Waals surface area contributed by atoms with Crippen molar-refractivity contribution < 1.29 is 13.2 Å². The Morgan fingerprint density at radius 2 is 1.85 bits per heavy atom. The van der Waals surface area contributed by atoms with Crippen LogP contribution >= 0.6 is 0 Å². The minimum atomic E-state index is -3.14. The zero-order valence-corrected chi connectivity index (χ0v) is 13.7. The molecule has 1 heterocycles. The molecule has 1 amide bonds. The van der Waals surface area contributed by atoms with Crippen LogP contribution < -0.4 is 10.0 Å². The fourth-order valence-electron chi connectivity index (χ4n) is 2.22. The van der Waals surface area contributed by atoms with E-state index in [0.717, 1.165) is 32.4 Å². The summed E-state index contributed by atoms with van der Waals surface area (Å²) in [6.45, 7) is 7.93. The molecule has 0 saturated carbocycles. The molecule has 6 nitrogen and oxygen atoms in total. The molecule has 1 aliphatic heterocycles. The van der Waals surface area contributed by atoms with Crippen molar-refractivity contribution in [3.8, 4) is 0 Å². The average molecular weight is 305 g/mol. The van der Waals surface area contributed by atoms with Crippen molar-refractivity contribution in [1.29, 1.82) is 0 Å². The lowest BCUT2D eigenvalue weighted by Crippen LogP contribution is -2.50. The van der Waals surface area contributed by atoms with Gasteiger partial charge in [0, 0.05) is 24.7 Å². The summed E-state index contributed by atoms with van der Waals surface area (Å²) in [5.41, 5.74) is -0.173. The SMILES string of the molecule is CCC(C)(C)NC(=O)CN1CCC(NS(C)(=O)=O)CC1. The number of sulfonamides is 1. The number of rotatable bonds is 6. The van der Waals surface area contributed by atoms with E-state index in [0.29, 0.717) is 6.54 Å². The lowest BCUT2D eigenvalue weighted by Gasteiger charge is -2.32. The van der Waals surface area contributed by atoms with Crippen molar-refractivity contribution in [2.45, 2.75) is 51.6 Å². The molecule has 1 saturated heterocycles. The van der Waals surface area contributed by atoms with Crippen molar-refractivity contribution in [2.75, 3.05) is 25.9 Å². The Morgan fingerprint density at radius 3 is 2.30 bits per heavy atom. The minimum Gasteiger partial charge on any atom is -0.350 e. The normalized spacial score (nSPS) is 19.0. The zero-order valence-electron chi connectivity index (χ0n) is 12.9. The maximum absolute atomic E-state index is 11.9. The van der Waals surface area contributed by atoms with Gasteiger partial charge in [-0.2, -0.15) is 0 Å². The number of carbonyl (C=O) groups is 1. The van der Waals surface area contributed by atoms with E-state index in [1.807, 2.05) is 20.8 Å². The summed E-state index contributed by atoms with van der Waals surface area (Å²) in [6, 6.07) is -0.00334. The lowest BCUT2D eigenvalue weighted by atomic mass is 10.0. The van der Waals surface area contributed by atoms with E-state index in [-0.39, 0.29) is 17.5 Å². The summed E-state index contributed by atoms with van der Waals surface area (Å²) < 4.78 is 24.9. The molecule has 0 aromatic carbocycles. The second kappa shape index (κ2) is 6.87. The molecule has 0 radical (unpaired) electrons. The molecule has 0 spiro atoms. The highest BCUT2D eigenvalue weighted by Gasteiger charge is 2.24. The maximum atomic E-state index is 11.9. The largest absolute Gasteiger partial charge is 0.350 e. The van der Waals surface area contributed by atoms with Gasteiger partial charge in [-0.25, -0.2) is 13.1 Å². The predicted molar refractivity (Wildman–Crippen MR) is 80.0 cm³/mol. The number of amides is 1. The van der Waals surface area contributed by atoms with E-state index in [1.54, 1.807) is 0 Å². The van der Waals surface area contributed by atoms with Gasteiger partial charge >= 0.3 is 0 Å². The highest BCUT2D eigenvalue weighted by molar-refractivity contribution is 7.88. The Morgan fingerprint density at radius 1 is 1.30 bits per heavy atom. The zero-order chi connectivity index (χ0) is 15.4. The van der Waals surface area contributed by atoms with Crippen LogP contribution in [-0.2, 0) is 14.8 Å². The van der Waals surface area contributed by atoms with E-state index in [2.05, 4.69) is 14.9 Å². The topological polar surface area (TPSA) is 78.5 Å². The van der Waals surface area contributed by atoms with Crippen LogP contribution in [0.5, 0.6) is 0 Å². The molecule has 1 rings (SSSR count). The van der Waals surface area contributed by atoms with Gasteiger partial charge in [-0.15, -0.1) is 0 Å². The Labute approximate surface area is 122 Å². The number of piperidine rings is 1. The molecule has 20 heavy (non-hydrogen) atoms. The first kappa shape index (κ1) is 17.4. The molecule has 1 fully saturated rings. The summed E-state index contributed by atoms with van der Waals surface area (Å²) in [5.74, 6) is 0.0337. The first-order valence-electron chi connectivity index (χ1n) is 7.12. The fourth-order valence-corrected chi connectivity index (χ4v) is 3.06. The standard InChI is InChI=1S/C13H27N3O3S/c1-5-13(2,3)14-12(17)10-16-8-6-11(7-9-16)15-20(4,18)19/h11,15H,5-10H2,1-4H3,(H,14,17). The van der Waals surface area contributed by atoms with Gasteiger partial charge in [-0.1, -0.05) is 6.92 Å². The quantitative estimate of drug-likeness (QED) is 0.740. The predicted octanol–water partition coefficient (Wildman–Crippen LogP) is 0.305. The minimum absolute atomic E-state index is 0.00334. The van der Waals surface area contributed by atoms with Crippen molar-refractivity contribution in [3.63, 3.8) is 0 Å². The van der Waals surface area contributed by atoms with Crippen molar-refractivity contribution in [1.82, 2.24) is 14.9 Å². The van der Waals surface area contributed by atoms with Gasteiger partial charge in [0.15, 0.2) is 0 Å². The second-order valence-corrected chi connectivity index (χ2v) is 8.01. The number of nitrogens with one attached hydrogen (secondary N) is 2. The summed E-state index contributed by atoms with van der Waals surface area (Å²) in [4.78, 5) is 14.0. The molecule has 0 atom stereocenters. The third-order valence-electron chi connectivity index (χ3n) is 3.70. The van der Waals surface area contributed by atoms with Crippen molar-refractivity contribution in [2.24, 2.45) is 0 Å². The lowest BCUT2D eigenvalue weighted by molar-refractivity contribution is -0.124. The Balaban J connectivity index is 2.34. The first-order valence-corrected chi connectivity index (χ1v) is 9.01. The average Bonchev–Trinajstić information content (AvgIpc) is 2.29. The van der Waals surface area contributed by atoms with Gasteiger partial charge in [-0.3, -0.25) is 9.69 Å². The highest BCUT2D eigenvalue weighted by Crippen LogP contribution is 2.11. The maximum Gasteiger partial charge on any atom is 0.234 e. The smallest absolute Gasteiger partial charge is 0.234 e. The third-order valence-corrected chi connectivity index (χ3v) is 4.46. The number of hydrogen-bond acceptors (Lipinski definition) is 4. The molecule has 0 bridgehead atoms. The molecular formula is C13H27N3O3S. The molecule has 0 unspecified atom stereocenters. The second-order valence-electron chi connectivity index (χ2n) is 6.23. The van der Waals surface area contributed by atoms with Crippen molar-refractivity contribution >= 4 is 15.9 Å². The molecule has 7 heteroatoms. The fraction of sp³-hybridized carbons (Fsp3) is 0.923. The van der Waals surface area contributed by atoms with Gasteiger partial charge in [0.2, 0.25) is 15.9 Å². The summed E-state index contributed by atoms with van der Waals surface area (Å²) in [7, 11) is -3.14. The van der Waals surface area contributed by atoms with E-state index >= 15 is 0 Å². The summed E-state index contributed by atoms with van der Waals surface area (Å²) in [5, 5.41) is 3.01. The van der Waals surface area contributed by atoms with Crippen LogP contribution in [0.1, 0.15) is 40.0 Å². The van der Waals surface area contributed by atoms with Gasteiger partial charge < -0.3 is 5.32 Å². The van der Waals surface area contributed by atoms with Crippen LogP contribution in [0.3, 0.4) is 0 Å². The monoisotopic (exact) mass is 305 g/mol. The molecule has 0 aromatic heterocycles. The third kappa shape index (κ3) is 6.67. The summed E-state index contributed by atoms with van der Waals surface area (Å²) in [6.07, 6.45) is 3.56. The van der Waals surface area contributed by atoms with Gasteiger partial charge in [-0.05, 0) is 33.1 Å². The number of hydrogen-bond donors (Lipinski definition) is 2. The van der Waals surface area contributed by atoms with Crippen LogP contribution in [0.15, 0.2) is 0 Å². The molecule has 1 aliphatic rings. The van der Waals surface area contributed by atoms with E-state index < -0.39 is 10.0 Å². The van der Waals surface area contributed by atoms with Gasteiger partial charge in [0.05, 0.1) is 12.8 Å². The van der Waals surface area contributed by atoms with E-state index in [4.69, 9.17) is 0 Å². The molecule has 2 N–H and O–H groups in total. The molecule has 0 aromatic rings. The van der Waals surface area contributed by atoms with Crippen LogP contribution in [0.25, 0.3) is 0 Å². The first-order chi connectivity index (χ1) is 9.11. The van der Waals surface area contributed by atoms with Crippen molar-refractivity contribution in [3.05, 3.63) is 0 Å². The molecule has 0 aliphatic carbocycles. The van der Waals surface area contributed by atoms with Crippen LogP contribution in [0.2, 0.25) is 0 Å². The van der Waals surface area contributed by atoms with Gasteiger partial charge in [0.1, 0.15) is 0 Å². The highest BCUT2D eigenvalue weighted by atomic mass is 32.2. The van der Waals surface area contributed by atoms with E-state index in [1.165, 1.54) is 6.26 Å². The molecular weight excluding hydrogens is 278 g/mol. The Bertz CT molecular complexity index is 426. The Hall–Kier alpha value is -0.660. The summed E-state index contributed by atoms with van der Waals surface area (Å²) >= 11 is 0. The van der Waals surface area contributed by atoms with E-state index in [9.17, 15) is 13.2 Å². The van der Waals surface area contributed by atoms with Gasteiger partial charge in [0.25, 0.3) is 0 Å². The number of carbonyl (C=O) groups excluding carboxylic acids is 1. The molecule has 118 valence electrons. The Kier molecular flexibility index (Phi) is 5.97. The van der Waals surface area contributed by atoms with Crippen LogP contribution in [0.4, 0.5) is 0 Å². The van der Waals surface area contributed by atoms with Crippen LogP contribution in [-0.4, -0.2) is 56.7 Å².